The molecule has 3 rings (SSSR count). The van der Waals surface area contributed by atoms with Gasteiger partial charge in [-0.05, 0) is 38.3 Å². The number of aryl methyl sites for hydroxylation is 2. The number of anilines is 1. The Morgan fingerprint density at radius 2 is 1.95 bits per heavy atom. The molecular weight excluding hydrogens is 234 g/mol. The largest absolute Gasteiger partial charge is 0.378 e. The molecule has 19 heavy (non-hydrogen) atoms. The lowest BCUT2D eigenvalue weighted by Gasteiger charge is -2.15. The molecular formula is C16H19N3. The number of aromatic nitrogens is 2. The Hall–Kier alpha value is -1.90. The number of nitrogens with zero attached hydrogens (tertiary/aromatic N) is 3. The summed E-state index contributed by atoms with van der Waals surface area (Å²) in [6.07, 6.45) is 3.41. The van der Waals surface area contributed by atoms with E-state index in [1.807, 2.05) is 6.92 Å². The van der Waals surface area contributed by atoms with Gasteiger partial charge in [-0.25, -0.2) is 9.97 Å². The predicted octanol–water partition coefficient (Wildman–Crippen LogP) is 3.01. The van der Waals surface area contributed by atoms with Crippen molar-refractivity contribution in [2.45, 2.75) is 26.2 Å². The van der Waals surface area contributed by atoms with E-state index in [1.54, 1.807) is 0 Å². The van der Waals surface area contributed by atoms with Crippen molar-refractivity contribution in [3.8, 4) is 11.3 Å². The van der Waals surface area contributed by atoms with Crippen LogP contribution in [0, 0.1) is 6.92 Å². The lowest BCUT2D eigenvalue weighted by atomic mass is 10.0. The van der Waals surface area contributed by atoms with Crippen LogP contribution in [0.5, 0.6) is 0 Å². The van der Waals surface area contributed by atoms with Gasteiger partial charge in [0.2, 0.25) is 0 Å². The number of benzene rings is 1. The highest BCUT2D eigenvalue weighted by Crippen LogP contribution is 2.31. The van der Waals surface area contributed by atoms with Gasteiger partial charge in [0, 0.05) is 36.6 Å². The highest BCUT2D eigenvalue weighted by atomic mass is 15.1. The van der Waals surface area contributed by atoms with Gasteiger partial charge < -0.3 is 4.90 Å². The smallest absolute Gasteiger partial charge is 0.126 e. The maximum atomic E-state index is 4.69. The summed E-state index contributed by atoms with van der Waals surface area (Å²) in [4.78, 5) is 11.4. The van der Waals surface area contributed by atoms with Gasteiger partial charge in [-0.1, -0.05) is 12.1 Å². The number of rotatable bonds is 2. The third-order valence-corrected chi connectivity index (χ3v) is 3.68. The standard InChI is InChI=1S/C16H19N3/c1-11-17-15-9-5-8-14(15)16(18-11)12-6-4-7-13(10-12)19(2)3/h4,6-7,10H,5,8-9H2,1-3H3. The molecule has 3 nitrogen and oxygen atoms in total. The molecule has 98 valence electrons. The van der Waals surface area contributed by atoms with E-state index < -0.39 is 0 Å². The van der Waals surface area contributed by atoms with E-state index in [1.165, 1.54) is 28.9 Å². The molecule has 2 aromatic rings. The molecule has 0 saturated carbocycles. The third kappa shape index (κ3) is 2.21. The van der Waals surface area contributed by atoms with Crippen molar-refractivity contribution in [2.75, 3.05) is 19.0 Å². The van der Waals surface area contributed by atoms with Crippen molar-refractivity contribution >= 4 is 5.69 Å². The van der Waals surface area contributed by atoms with Crippen molar-refractivity contribution in [3.63, 3.8) is 0 Å². The normalized spacial score (nSPS) is 13.4. The van der Waals surface area contributed by atoms with Gasteiger partial charge in [-0.15, -0.1) is 0 Å². The minimum absolute atomic E-state index is 0.880. The molecule has 0 N–H and O–H groups in total. The summed E-state index contributed by atoms with van der Waals surface area (Å²) in [7, 11) is 4.13. The highest BCUT2D eigenvalue weighted by molar-refractivity contribution is 5.69. The van der Waals surface area contributed by atoms with Crippen LogP contribution < -0.4 is 4.90 Å². The highest BCUT2D eigenvalue weighted by Gasteiger charge is 2.19. The van der Waals surface area contributed by atoms with E-state index in [0.29, 0.717) is 0 Å². The Kier molecular flexibility index (Phi) is 2.97. The van der Waals surface area contributed by atoms with Gasteiger partial charge in [0.05, 0.1) is 5.69 Å². The average molecular weight is 253 g/mol. The average Bonchev–Trinajstić information content (AvgIpc) is 2.85. The second-order valence-corrected chi connectivity index (χ2v) is 5.34. The minimum atomic E-state index is 0.880. The molecule has 1 aromatic heterocycles. The zero-order valence-corrected chi connectivity index (χ0v) is 11.8. The van der Waals surface area contributed by atoms with Crippen LogP contribution in [0.3, 0.4) is 0 Å². The monoisotopic (exact) mass is 253 g/mol. The van der Waals surface area contributed by atoms with E-state index in [-0.39, 0.29) is 0 Å². The van der Waals surface area contributed by atoms with Crippen LogP contribution in [0.2, 0.25) is 0 Å². The molecule has 0 aliphatic heterocycles. The summed E-state index contributed by atoms with van der Waals surface area (Å²) in [5.74, 6) is 0.880. The Morgan fingerprint density at radius 3 is 2.74 bits per heavy atom. The van der Waals surface area contributed by atoms with Crippen LogP contribution in [-0.4, -0.2) is 24.1 Å². The summed E-state index contributed by atoms with van der Waals surface area (Å²) in [5, 5.41) is 0. The fourth-order valence-corrected chi connectivity index (χ4v) is 2.73. The molecule has 1 heterocycles. The molecule has 0 saturated heterocycles. The molecule has 1 aliphatic rings. The van der Waals surface area contributed by atoms with Gasteiger partial charge in [-0.3, -0.25) is 0 Å². The summed E-state index contributed by atoms with van der Waals surface area (Å²) < 4.78 is 0. The molecule has 3 heteroatoms. The van der Waals surface area contributed by atoms with Crippen molar-refractivity contribution in [1.29, 1.82) is 0 Å². The van der Waals surface area contributed by atoms with Crippen LogP contribution in [0.25, 0.3) is 11.3 Å². The quantitative estimate of drug-likeness (QED) is 0.824. The third-order valence-electron chi connectivity index (χ3n) is 3.68. The number of hydrogen-bond donors (Lipinski definition) is 0. The van der Waals surface area contributed by atoms with Gasteiger partial charge in [0.15, 0.2) is 0 Å². The van der Waals surface area contributed by atoms with E-state index in [0.717, 1.165) is 24.4 Å². The van der Waals surface area contributed by atoms with E-state index in [2.05, 4.69) is 53.2 Å². The molecule has 0 bridgehead atoms. The first-order chi connectivity index (χ1) is 9.15. The summed E-state index contributed by atoms with van der Waals surface area (Å²) in [5.41, 5.74) is 6.14. The second-order valence-electron chi connectivity index (χ2n) is 5.34. The van der Waals surface area contributed by atoms with Crippen LogP contribution in [0.4, 0.5) is 5.69 Å². The topological polar surface area (TPSA) is 29.0 Å². The Morgan fingerprint density at radius 1 is 1.11 bits per heavy atom. The summed E-state index contributed by atoms with van der Waals surface area (Å²) >= 11 is 0. The maximum absolute atomic E-state index is 4.69. The Balaban J connectivity index is 2.14. The molecule has 1 aliphatic carbocycles. The van der Waals surface area contributed by atoms with Crippen LogP contribution >= 0.6 is 0 Å². The minimum Gasteiger partial charge on any atom is -0.378 e. The fourth-order valence-electron chi connectivity index (χ4n) is 2.73. The zero-order valence-electron chi connectivity index (χ0n) is 11.8. The summed E-state index contributed by atoms with van der Waals surface area (Å²) in [6.45, 7) is 1.98. The van der Waals surface area contributed by atoms with Crippen LogP contribution in [-0.2, 0) is 12.8 Å². The molecule has 0 spiro atoms. The zero-order chi connectivity index (χ0) is 13.4. The predicted molar refractivity (Wildman–Crippen MR) is 78.6 cm³/mol. The summed E-state index contributed by atoms with van der Waals surface area (Å²) in [6, 6.07) is 8.58. The van der Waals surface area contributed by atoms with E-state index >= 15 is 0 Å². The lowest BCUT2D eigenvalue weighted by molar-refractivity contribution is 0.895. The van der Waals surface area contributed by atoms with Crippen LogP contribution in [0.15, 0.2) is 24.3 Å². The lowest BCUT2D eigenvalue weighted by Crippen LogP contribution is -2.08. The first-order valence-electron chi connectivity index (χ1n) is 6.79. The fraction of sp³-hybridized carbons (Fsp3) is 0.375. The van der Waals surface area contributed by atoms with Gasteiger partial charge in [0.1, 0.15) is 5.82 Å². The first kappa shape index (κ1) is 12.2. The first-order valence-corrected chi connectivity index (χ1v) is 6.79. The number of hydrogen-bond acceptors (Lipinski definition) is 3. The molecule has 0 radical (unpaired) electrons. The van der Waals surface area contributed by atoms with Gasteiger partial charge in [-0.2, -0.15) is 0 Å². The van der Waals surface area contributed by atoms with Crippen molar-refractivity contribution in [3.05, 3.63) is 41.3 Å². The maximum Gasteiger partial charge on any atom is 0.126 e. The molecule has 0 unspecified atom stereocenters. The SMILES string of the molecule is Cc1nc2c(c(-c3cccc(N(C)C)c3)n1)CCC2. The van der Waals surface area contributed by atoms with E-state index in [9.17, 15) is 0 Å². The van der Waals surface area contributed by atoms with Gasteiger partial charge in [0.25, 0.3) is 0 Å². The van der Waals surface area contributed by atoms with Crippen molar-refractivity contribution in [2.24, 2.45) is 0 Å². The number of fused-ring (bicyclic) bond motifs is 1. The molecule has 0 amide bonds. The van der Waals surface area contributed by atoms with Gasteiger partial charge >= 0.3 is 0 Å². The second kappa shape index (κ2) is 4.65. The van der Waals surface area contributed by atoms with E-state index in [4.69, 9.17) is 0 Å². The van der Waals surface area contributed by atoms with Crippen molar-refractivity contribution < 1.29 is 0 Å². The van der Waals surface area contributed by atoms with Crippen LogP contribution in [0.1, 0.15) is 23.5 Å². The van der Waals surface area contributed by atoms with Crippen molar-refractivity contribution in [1.82, 2.24) is 9.97 Å². The molecule has 1 aromatic carbocycles. The Bertz CT molecular complexity index is 617. The molecule has 0 atom stereocenters. The Labute approximate surface area is 114 Å². The molecule has 0 fully saturated rings.